The van der Waals surface area contributed by atoms with Gasteiger partial charge in [-0.15, -0.1) is 13.2 Å². The first-order valence-electron chi connectivity index (χ1n) is 7.23. The van der Waals surface area contributed by atoms with E-state index in [0.717, 1.165) is 0 Å². The van der Waals surface area contributed by atoms with Crippen molar-refractivity contribution in [1.29, 1.82) is 0 Å². The maximum atomic E-state index is 12.5. The van der Waals surface area contributed by atoms with Crippen LogP contribution in [-0.4, -0.2) is 28.6 Å². The summed E-state index contributed by atoms with van der Waals surface area (Å²) in [6, 6.07) is 3.92. The van der Waals surface area contributed by atoms with Crippen LogP contribution in [0, 0.1) is 0 Å². The average molecular weight is 338 g/mol. The smallest absolute Gasteiger partial charge is 0.466 e. The highest BCUT2D eigenvalue weighted by Crippen LogP contribution is 2.47. The molecule has 1 fully saturated rings. The standard InChI is InChI=1S/C16H13F3N2O3/c1-14(2)20-13(15-7-3-4-8-21(15)24-15)11-9-10(22-16(17,18)19)5-6-12(11)23-14/h3-9H,1-2H3. The van der Waals surface area contributed by atoms with Crippen LogP contribution in [0.5, 0.6) is 11.5 Å². The topological polar surface area (TPSA) is 46.4 Å². The van der Waals surface area contributed by atoms with Gasteiger partial charge in [-0.3, -0.25) is 0 Å². The Morgan fingerprint density at radius 1 is 1.21 bits per heavy atom. The summed E-state index contributed by atoms with van der Waals surface area (Å²) in [4.78, 5) is 10.1. The monoisotopic (exact) mass is 338 g/mol. The zero-order chi connectivity index (χ0) is 17.2. The summed E-state index contributed by atoms with van der Waals surface area (Å²) in [5, 5.41) is 1.58. The van der Waals surface area contributed by atoms with E-state index in [-0.39, 0.29) is 5.75 Å². The molecule has 4 rings (SSSR count). The predicted molar refractivity (Wildman–Crippen MR) is 78.3 cm³/mol. The van der Waals surface area contributed by atoms with Gasteiger partial charge in [0, 0.05) is 11.8 Å². The van der Waals surface area contributed by atoms with Crippen molar-refractivity contribution in [2.45, 2.75) is 31.7 Å². The number of alkyl halides is 3. The molecule has 0 N–H and O–H groups in total. The van der Waals surface area contributed by atoms with Gasteiger partial charge in [0.1, 0.15) is 17.2 Å². The number of hydroxylamine groups is 2. The molecule has 24 heavy (non-hydrogen) atoms. The number of allylic oxidation sites excluding steroid dienone is 2. The summed E-state index contributed by atoms with van der Waals surface area (Å²) in [6.45, 7) is 3.53. The highest BCUT2D eigenvalue weighted by molar-refractivity contribution is 6.11. The average Bonchev–Trinajstić information content (AvgIpc) is 3.20. The van der Waals surface area contributed by atoms with Gasteiger partial charge < -0.3 is 9.47 Å². The minimum Gasteiger partial charge on any atom is -0.466 e. The molecule has 3 aliphatic rings. The Balaban J connectivity index is 1.80. The van der Waals surface area contributed by atoms with Gasteiger partial charge in [-0.1, -0.05) is 6.08 Å². The van der Waals surface area contributed by atoms with Gasteiger partial charge in [0.25, 0.3) is 5.72 Å². The van der Waals surface area contributed by atoms with Gasteiger partial charge in [-0.25, -0.2) is 14.9 Å². The van der Waals surface area contributed by atoms with Crippen LogP contribution in [0.25, 0.3) is 0 Å². The van der Waals surface area contributed by atoms with Crippen molar-refractivity contribution in [2.24, 2.45) is 4.99 Å². The second-order valence-corrected chi connectivity index (χ2v) is 6.03. The van der Waals surface area contributed by atoms with Crippen molar-refractivity contribution in [2.75, 3.05) is 0 Å². The maximum absolute atomic E-state index is 12.5. The number of ether oxygens (including phenoxy) is 2. The fourth-order valence-corrected chi connectivity index (χ4v) is 2.79. The third-order valence-corrected chi connectivity index (χ3v) is 3.71. The molecule has 3 aliphatic heterocycles. The van der Waals surface area contributed by atoms with Gasteiger partial charge in [-0.05, 0) is 44.2 Å². The second-order valence-electron chi connectivity index (χ2n) is 6.03. The third-order valence-electron chi connectivity index (χ3n) is 3.71. The fourth-order valence-electron chi connectivity index (χ4n) is 2.79. The number of hydrogen-bond acceptors (Lipinski definition) is 5. The Morgan fingerprint density at radius 2 is 2.00 bits per heavy atom. The lowest BCUT2D eigenvalue weighted by Gasteiger charge is -2.31. The summed E-state index contributed by atoms with van der Waals surface area (Å²) >= 11 is 0. The number of benzene rings is 1. The summed E-state index contributed by atoms with van der Waals surface area (Å²) in [7, 11) is 0. The Bertz CT molecular complexity index is 798. The van der Waals surface area contributed by atoms with Crippen molar-refractivity contribution < 1.29 is 27.5 Å². The van der Waals surface area contributed by atoms with Crippen LogP contribution in [0.4, 0.5) is 13.2 Å². The molecule has 1 aromatic carbocycles. The van der Waals surface area contributed by atoms with Crippen LogP contribution in [0.15, 0.2) is 47.6 Å². The minimum absolute atomic E-state index is 0.337. The predicted octanol–water partition coefficient (Wildman–Crippen LogP) is 3.53. The molecule has 0 spiro atoms. The first-order valence-corrected chi connectivity index (χ1v) is 7.23. The van der Waals surface area contributed by atoms with Crippen LogP contribution in [-0.2, 0) is 4.84 Å². The number of rotatable bonds is 2. The molecule has 8 heteroatoms. The SMILES string of the molecule is CC1(C)N=C(C23C=CC=CN2O3)c2cc(OC(F)(F)F)ccc2O1. The molecule has 1 atom stereocenters. The van der Waals surface area contributed by atoms with E-state index >= 15 is 0 Å². The lowest BCUT2D eigenvalue weighted by atomic mass is 9.96. The number of aliphatic imine (C=N–C) groups is 1. The summed E-state index contributed by atoms with van der Waals surface area (Å²) < 4.78 is 47.2. The molecule has 1 unspecified atom stereocenters. The van der Waals surface area contributed by atoms with E-state index in [1.165, 1.54) is 18.2 Å². The Labute approximate surface area is 135 Å². The number of fused-ring (bicyclic) bond motifs is 2. The minimum atomic E-state index is -4.77. The van der Waals surface area contributed by atoms with Gasteiger partial charge in [0.2, 0.25) is 0 Å². The van der Waals surface area contributed by atoms with Crippen molar-refractivity contribution in [3.63, 3.8) is 0 Å². The van der Waals surface area contributed by atoms with Crippen LogP contribution in [0.2, 0.25) is 0 Å². The Morgan fingerprint density at radius 3 is 2.71 bits per heavy atom. The van der Waals surface area contributed by atoms with Crippen LogP contribution in [0.3, 0.4) is 0 Å². The van der Waals surface area contributed by atoms with E-state index in [9.17, 15) is 13.2 Å². The van der Waals surface area contributed by atoms with Gasteiger partial charge >= 0.3 is 6.36 Å². The fraction of sp³-hybridized carbons (Fsp3) is 0.312. The van der Waals surface area contributed by atoms with E-state index in [2.05, 4.69) is 9.73 Å². The van der Waals surface area contributed by atoms with Crippen molar-refractivity contribution in [3.05, 3.63) is 48.2 Å². The normalized spacial score (nSPS) is 26.2. The van der Waals surface area contributed by atoms with E-state index in [0.29, 0.717) is 17.0 Å². The summed E-state index contributed by atoms with van der Waals surface area (Å²) in [5.74, 6) is 0.0866. The summed E-state index contributed by atoms with van der Waals surface area (Å²) in [5.41, 5.74) is -0.905. The molecule has 0 aliphatic carbocycles. The molecule has 126 valence electrons. The van der Waals surface area contributed by atoms with Gasteiger partial charge in [0.15, 0.2) is 5.72 Å². The first-order chi connectivity index (χ1) is 11.2. The molecule has 5 nitrogen and oxygen atoms in total. The van der Waals surface area contributed by atoms with Crippen LogP contribution < -0.4 is 9.47 Å². The van der Waals surface area contributed by atoms with E-state index < -0.39 is 17.8 Å². The largest absolute Gasteiger partial charge is 0.573 e. The highest BCUT2D eigenvalue weighted by atomic mass is 19.4. The van der Waals surface area contributed by atoms with E-state index in [4.69, 9.17) is 9.57 Å². The first kappa shape index (κ1) is 15.1. The zero-order valence-corrected chi connectivity index (χ0v) is 12.8. The third kappa shape index (κ3) is 2.43. The number of nitrogens with zero attached hydrogens (tertiary/aromatic N) is 2. The maximum Gasteiger partial charge on any atom is 0.573 e. The van der Waals surface area contributed by atoms with E-state index in [1.54, 1.807) is 43.3 Å². The molecule has 0 radical (unpaired) electrons. The molecule has 1 saturated heterocycles. The van der Waals surface area contributed by atoms with Crippen molar-refractivity contribution >= 4 is 5.71 Å². The molecular formula is C16H13F3N2O3. The molecule has 3 heterocycles. The Kier molecular flexibility index (Phi) is 2.85. The Hall–Kier alpha value is -2.48. The van der Waals surface area contributed by atoms with Crippen molar-refractivity contribution in [1.82, 2.24) is 5.06 Å². The molecule has 0 bridgehead atoms. The molecule has 0 aromatic heterocycles. The van der Waals surface area contributed by atoms with Crippen molar-refractivity contribution in [3.8, 4) is 11.5 Å². The molecule has 0 saturated carbocycles. The molecular weight excluding hydrogens is 325 g/mol. The van der Waals surface area contributed by atoms with Crippen LogP contribution in [0.1, 0.15) is 19.4 Å². The highest BCUT2D eigenvalue weighted by Gasteiger charge is 2.59. The number of halogens is 3. The second kappa shape index (κ2) is 4.54. The summed E-state index contributed by atoms with van der Waals surface area (Å²) in [6.07, 6.45) is 2.33. The molecule has 1 aromatic rings. The van der Waals surface area contributed by atoms with Gasteiger partial charge in [0.05, 0.1) is 0 Å². The van der Waals surface area contributed by atoms with Crippen LogP contribution >= 0.6 is 0 Å². The van der Waals surface area contributed by atoms with Gasteiger partial charge in [-0.2, -0.15) is 0 Å². The zero-order valence-electron chi connectivity index (χ0n) is 12.8. The number of hydrogen-bond donors (Lipinski definition) is 0. The quantitative estimate of drug-likeness (QED) is 0.774. The molecule has 0 amide bonds. The lowest BCUT2D eigenvalue weighted by Crippen LogP contribution is -2.39. The van der Waals surface area contributed by atoms with E-state index in [1.807, 2.05) is 0 Å². The lowest BCUT2D eigenvalue weighted by molar-refractivity contribution is -0.274.